The third-order valence-electron chi connectivity index (χ3n) is 3.37. The largest absolute Gasteiger partial charge is 0.507 e. The fourth-order valence-electron chi connectivity index (χ4n) is 2.24. The lowest BCUT2D eigenvalue weighted by atomic mass is 10.1. The number of carbonyl (C=O) groups is 1. The molecule has 118 valence electrons. The maximum Gasteiger partial charge on any atom is 0.190 e. The quantitative estimate of drug-likeness (QED) is 0.680. The molecule has 0 aliphatic carbocycles. The number of phenolic OH excluding ortho intramolecular Hbond substituents is 1. The fraction of sp³-hybridized carbons (Fsp3) is 0.118. The molecule has 0 unspecified atom stereocenters. The maximum atomic E-state index is 13.6. The number of aromatic hydroxyl groups is 1. The Labute approximate surface area is 136 Å². The highest BCUT2D eigenvalue weighted by molar-refractivity contribution is 7.99. The first-order chi connectivity index (χ1) is 11.1. The van der Waals surface area contributed by atoms with Crippen LogP contribution in [0.1, 0.15) is 15.9 Å². The second-order valence-electron chi connectivity index (χ2n) is 4.79. The number of ether oxygens (including phenoxy) is 2. The van der Waals surface area contributed by atoms with E-state index in [9.17, 15) is 14.3 Å². The zero-order valence-corrected chi connectivity index (χ0v) is 13.0. The summed E-state index contributed by atoms with van der Waals surface area (Å²) in [6.45, 7) is 0. The monoisotopic (exact) mass is 332 g/mol. The van der Waals surface area contributed by atoms with E-state index >= 15 is 0 Å². The van der Waals surface area contributed by atoms with Gasteiger partial charge in [-0.2, -0.15) is 0 Å². The van der Waals surface area contributed by atoms with Crippen molar-refractivity contribution in [3.05, 3.63) is 53.4 Å². The smallest absolute Gasteiger partial charge is 0.190 e. The van der Waals surface area contributed by atoms with Crippen molar-refractivity contribution in [1.82, 2.24) is 0 Å². The lowest BCUT2D eigenvalue weighted by Gasteiger charge is -2.05. The first-order valence-electron chi connectivity index (χ1n) is 6.77. The van der Waals surface area contributed by atoms with Crippen molar-refractivity contribution in [1.29, 1.82) is 0 Å². The van der Waals surface area contributed by atoms with E-state index in [1.165, 1.54) is 49.2 Å². The highest BCUT2D eigenvalue weighted by Crippen LogP contribution is 2.42. The Hall–Kier alpha value is -2.47. The van der Waals surface area contributed by atoms with Gasteiger partial charge in [-0.3, -0.25) is 4.79 Å². The van der Waals surface area contributed by atoms with E-state index < -0.39 is 5.82 Å². The molecule has 0 bridgehead atoms. The summed E-state index contributed by atoms with van der Waals surface area (Å²) in [5, 5.41) is 9.95. The summed E-state index contributed by atoms with van der Waals surface area (Å²) in [6.07, 6.45) is 2.79. The molecule has 23 heavy (non-hydrogen) atoms. The summed E-state index contributed by atoms with van der Waals surface area (Å²) >= 11 is 1.35. The van der Waals surface area contributed by atoms with Crippen molar-refractivity contribution in [2.75, 3.05) is 13.0 Å². The molecule has 1 aliphatic heterocycles. The normalized spacial score (nSPS) is 13.0. The highest BCUT2D eigenvalue weighted by atomic mass is 32.2. The van der Waals surface area contributed by atoms with E-state index in [1.54, 1.807) is 12.1 Å². The van der Waals surface area contributed by atoms with Gasteiger partial charge in [0.15, 0.2) is 17.3 Å². The summed E-state index contributed by atoms with van der Waals surface area (Å²) in [6, 6.07) is 7.46. The molecule has 0 fully saturated rings. The minimum Gasteiger partial charge on any atom is -0.507 e. The molecule has 0 amide bonds. The van der Waals surface area contributed by atoms with Gasteiger partial charge in [0.25, 0.3) is 0 Å². The molecule has 0 radical (unpaired) electrons. The van der Waals surface area contributed by atoms with Crippen LogP contribution in [0, 0.1) is 5.82 Å². The number of methoxy groups -OCH3 is 1. The van der Waals surface area contributed by atoms with Crippen LogP contribution in [0.4, 0.5) is 4.39 Å². The minimum atomic E-state index is -0.505. The third-order valence-corrected chi connectivity index (χ3v) is 4.30. The number of fused-ring (bicyclic) bond motifs is 1. The van der Waals surface area contributed by atoms with Crippen LogP contribution in [-0.4, -0.2) is 23.9 Å². The predicted molar refractivity (Wildman–Crippen MR) is 85.8 cm³/mol. The molecule has 6 heteroatoms. The molecule has 3 rings (SSSR count). The first-order valence-corrected chi connectivity index (χ1v) is 7.76. The third kappa shape index (κ3) is 3.03. The van der Waals surface area contributed by atoms with Gasteiger partial charge < -0.3 is 14.6 Å². The summed E-state index contributed by atoms with van der Waals surface area (Å²) in [5.74, 6) is 0.160. The van der Waals surface area contributed by atoms with Crippen LogP contribution in [0.15, 0.2) is 41.3 Å². The molecule has 0 saturated heterocycles. The number of allylic oxidation sites excluding steroid dienone is 1. The van der Waals surface area contributed by atoms with Crippen LogP contribution in [-0.2, 0) is 0 Å². The minimum absolute atomic E-state index is 0.0997. The zero-order chi connectivity index (χ0) is 16.4. The van der Waals surface area contributed by atoms with E-state index in [0.29, 0.717) is 22.1 Å². The Balaban J connectivity index is 1.88. The number of thioether (sulfide) groups is 1. The molecule has 2 aromatic carbocycles. The summed E-state index contributed by atoms with van der Waals surface area (Å²) in [5.41, 5.74) is 0.725. The van der Waals surface area contributed by atoms with Gasteiger partial charge in [-0.05, 0) is 35.9 Å². The topological polar surface area (TPSA) is 55.8 Å². The molecular weight excluding hydrogens is 319 g/mol. The standard InChI is InChI=1S/C17H13FO4S/c1-21-14-6-3-10(8-11(14)18)2-4-12(19)16-13(20)5-7-15-17(16)23-9-22-15/h2-8,20H,9H2,1H3/b4-2+. The number of halogens is 1. The second kappa shape index (κ2) is 6.34. The van der Waals surface area contributed by atoms with Gasteiger partial charge in [-0.1, -0.05) is 23.9 Å². The van der Waals surface area contributed by atoms with E-state index in [4.69, 9.17) is 9.47 Å². The number of ketones is 1. The summed E-state index contributed by atoms with van der Waals surface area (Å²) in [4.78, 5) is 13.0. The zero-order valence-electron chi connectivity index (χ0n) is 12.2. The van der Waals surface area contributed by atoms with Gasteiger partial charge in [0.05, 0.1) is 17.6 Å². The molecule has 0 aromatic heterocycles. The van der Waals surface area contributed by atoms with Gasteiger partial charge >= 0.3 is 0 Å². The van der Waals surface area contributed by atoms with Crippen molar-refractivity contribution in [3.63, 3.8) is 0 Å². The van der Waals surface area contributed by atoms with Crippen molar-refractivity contribution in [2.45, 2.75) is 4.90 Å². The van der Waals surface area contributed by atoms with Gasteiger partial charge in [0.2, 0.25) is 0 Å². The molecule has 0 spiro atoms. The molecular formula is C17H13FO4S. The molecule has 2 aromatic rings. The lowest BCUT2D eigenvalue weighted by molar-refractivity contribution is 0.104. The Morgan fingerprint density at radius 3 is 2.96 bits per heavy atom. The van der Waals surface area contributed by atoms with Gasteiger partial charge in [-0.15, -0.1) is 0 Å². The molecule has 1 N–H and O–H groups in total. The number of rotatable bonds is 4. The fourth-order valence-corrected chi connectivity index (χ4v) is 3.16. The summed E-state index contributed by atoms with van der Waals surface area (Å²) in [7, 11) is 1.38. The molecule has 4 nitrogen and oxygen atoms in total. The Morgan fingerprint density at radius 2 is 2.22 bits per heavy atom. The molecule has 1 aliphatic rings. The van der Waals surface area contributed by atoms with Crippen molar-refractivity contribution >= 4 is 23.6 Å². The van der Waals surface area contributed by atoms with Crippen LogP contribution in [0.2, 0.25) is 0 Å². The second-order valence-corrected chi connectivity index (χ2v) is 5.72. The Kier molecular flexibility index (Phi) is 4.25. The van der Waals surface area contributed by atoms with E-state index in [-0.39, 0.29) is 22.8 Å². The van der Waals surface area contributed by atoms with Crippen LogP contribution in [0.5, 0.6) is 17.2 Å². The van der Waals surface area contributed by atoms with Crippen LogP contribution in [0.25, 0.3) is 6.08 Å². The Bertz CT molecular complexity index is 801. The van der Waals surface area contributed by atoms with Crippen molar-refractivity contribution in [2.24, 2.45) is 0 Å². The first kappa shape index (κ1) is 15.4. The van der Waals surface area contributed by atoms with Crippen LogP contribution < -0.4 is 9.47 Å². The maximum absolute atomic E-state index is 13.6. The molecule has 1 heterocycles. The molecule has 0 saturated carbocycles. The van der Waals surface area contributed by atoms with E-state index in [1.807, 2.05) is 0 Å². The van der Waals surface area contributed by atoms with Crippen molar-refractivity contribution in [3.8, 4) is 17.2 Å². The number of hydrogen-bond acceptors (Lipinski definition) is 5. The van der Waals surface area contributed by atoms with E-state index in [0.717, 1.165) is 0 Å². The number of phenols is 1. The van der Waals surface area contributed by atoms with Gasteiger partial charge in [0, 0.05) is 0 Å². The van der Waals surface area contributed by atoms with Crippen LogP contribution in [0.3, 0.4) is 0 Å². The average Bonchev–Trinajstić information content (AvgIpc) is 3.01. The van der Waals surface area contributed by atoms with Gasteiger partial charge in [0.1, 0.15) is 17.4 Å². The summed E-state index contributed by atoms with van der Waals surface area (Å²) < 4.78 is 23.8. The van der Waals surface area contributed by atoms with Crippen molar-refractivity contribution < 1.29 is 23.8 Å². The predicted octanol–water partition coefficient (Wildman–Crippen LogP) is 3.88. The van der Waals surface area contributed by atoms with Crippen LogP contribution >= 0.6 is 11.8 Å². The highest BCUT2D eigenvalue weighted by Gasteiger charge is 2.23. The number of benzene rings is 2. The number of hydrogen-bond donors (Lipinski definition) is 1. The SMILES string of the molecule is COc1ccc(/C=C/C(=O)c2c(O)ccc3c2SCO3)cc1F. The van der Waals surface area contributed by atoms with Gasteiger partial charge in [-0.25, -0.2) is 4.39 Å². The Morgan fingerprint density at radius 1 is 1.39 bits per heavy atom. The molecule has 0 atom stereocenters. The number of carbonyl (C=O) groups excluding carboxylic acids is 1. The lowest BCUT2D eigenvalue weighted by Crippen LogP contribution is -1.97. The van der Waals surface area contributed by atoms with E-state index in [2.05, 4.69) is 0 Å². The average molecular weight is 332 g/mol.